The van der Waals surface area contributed by atoms with E-state index in [0.717, 1.165) is 19.3 Å². The van der Waals surface area contributed by atoms with Gasteiger partial charge in [0.2, 0.25) is 5.79 Å². The van der Waals surface area contributed by atoms with E-state index in [0.29, 0.717) is 6.42 Å². The Kier molecular flexibility index (Phi) is 18.2. The van der Waals surface area contributed by atoms with Gasteiger partial charge in [0.1, 0.15) is 5.97 Å². The molecular formula is C17H33NaO4. The molecule has 0 bridgehead atoms. The molecule has 0 aliphatic heterocycles. The van der Waals surface area contributed by atoms with Gasteiger partial charge in [-0.2, -0.15) is 0 Å². The van der Waals surface area contributed by atoms with E-state index in [2.05, 4.69) is 6.92 Å². The molecule has 0 atom stereocenters. The Bertz CT molecular complexity index is 257. The molecule has 0 radical (unpaired) electrons. The Morgan fingerprint density at radius 2 is 1.09 bits per heavy atom. The maximum atomic E-state index is 10.4. The minimum atomic E-state index is -2.65. The Morgan fingerprint density at radius 1 is 0.773 bits per heavy atom. The summed E-state index contributed by atoms with van der Waals surface area (Å²) in [7, 11) is 0. The van der Waals surface area contributed by atoms with Gasteiger partial charge in [0.05, 0.1) is 0 Å². The average molecular weight is 324 g/mol. The number of unbranched alkanes of at least 4 members (excludes halogenated alkanes) is 12. The number of hydrogen-bond donors (Lipinski definition) is 2. The van der Waals surface area contributed by atoms with Gasteiger partial charge in [-0.25, -0.2) is 0 Å². The second kappa shape index (κ2) is 16.3. The summed E-state index contributed by atoms with van der Waals surface area (Å²) in [6.07, 6.45) is 15.3. The maximum absolute atomic E-state index is 10.4. The Morgan fingerprint density at radius 3 is 1.41 bits per heavy atom. The minimum absolute atomic E-state index is 0. The smallest absolute Gasteiger partial charge is 0.544 e. The molecule has 0 heterocycles. The standard InChI is InChI=1S/C17H34O4.Na/c1-2-3-4-5-6-7-8-9-10-11-12-13-14-15-17(20,21)16(18)19;/h20-21H,2-15H2,1H3,(H,18,19);/q;+1/p-1. The molecule has 0 aromatic rings. The van der Waals surface area contributed by atoms with Crippen LogP contribution in [-0.2, 0) is 4.79 Å². The molecule has 4 nitrogen and oxygen atoms in total. The summed E-state index contributed by atoms with van der Waals surface area (Å²) < 4.78 is 0. The molecule has 0 aliphatic rings. The number of carboxylic acid groups (broad SMARTS) is 1. The summed E-state index contributed by atoms with van der Waals surface area (Å²) in [5, 5.41) is 28.5. The monoisotopic (exact) mass is 324 g/mol. The first-order valence-electron chi connectivity index (χ1n) is 8.67. The Hall–Kier alpha value is 0.390. The first kappa shape index (κ1) is 24.6. The van der Waals surface area contributed by atoms with Crippen molar-refractivity contribution in [2.45, 2.75) is 103 Å². The van der Waals surface area contributed by atoms with Gasteiger partial charge in [-0.3, -0.25) is 0 Å². The molecule has 0 spiro atoms. The van der Waals surface area contributed by atoms with Gasteiger partial charge >= 0.3 is 29.6 Å². The predicted octanol–water partition coefficient (Wildman–Crippen LogP) is -0.0975. The third-order valence-electron chi connectivity index (χ3n) is 3.96. The van der Waals surface area contributed by atoms with Crippen molar-refractivity contribution in [1.29, 1.82) is 0 Å². The van der Waals surface area contributed by atoms with Gasteiger partial charge in [0.25, 0.3) is 0 Å². The minimum Gasteiger partial charge on any atom is -0.544 e. The van der Waals surface area contributed by atoms with Crippen molar-refractivity contribution in [2.24, 2.45) is 0 Å². The largest absolute Gasteiger partial charge is 1.00 e. The SMILES string of the molecule is CCCCCCCCCCCCCCCC(O)(O)C(=O)[O-].[Na+]. The van der Waals surface area contributed by atoms with Crippen LogP contribution < -0.4 is 34.7 Å². The number of aliphatic carboxylic acids is 1. The number of carboxylic acids is 1. The van der Waals surface area contributed by atoms with E-state index in [9.17, 15) is 9.90 Å². The Balaban J connectivity index is 0. The molecule has 0 aliphatic carbocycles. The van der Waals surface area contributed by atoms with Crippen molar-refractivity contribution in [2.75, 3.05) is 0 Å². The molecule has 2 N–H and O–H groups in total. The molecule has 0 saturated carbocycles. The molecule has 0 unspecified atom stereocenters. The fourth-order valence-electron chi connectivity index (χ4n) is 2.49. The van der Waals surface area contributed by atoms with E-state index in [4.69, 9.17) is 10.2 Å². The zero-order valence-corrected chi connectivity index (χ0v) is 16.6. The van der Waals surface area contributed by atoms with Gasteiger partial charge in [0, 0.05) is 6.42 Å². The molecule has 22 heavy (non-hydrogen) atoms. The van der Waals surface area contributed by atoms with Crippen LogP contribution in [0.1, 0.15) is 96.8 Å². The number of carbonyl (C=O) groups is 1. The van der Waals surface area contributed by atoms with Crippen molar-refractivity contribution in [3.05, 3.63) is 0 Å². The van der Waals surface area contributed by atoms with Crippen LogP contribution >= 0.6 is 0 Å². The third-order valence-corrected chi connectivity index (χ3v) is 3.96. The van der Waals surface area contributed by atoms with Crippen molar-refractivity contribution in [1.82, 2.24) is 0 Å². The van der Waals surface area contributed by atoms with E-state index in [-0.39, 0.29) is 36.0 Å². The van der Waals surface area contributed by atoms with Gasteiger partial charge in [-0.15, -0.1) is 0 Å². The van der Waals surface area contributed by atoms with Gasteiger partial charge in [0.15, 0.2) is 0 Å². The van der Waals surface area contributed by atoms with E-state index in [1.54, 1.807) is 0 Å². The number of aliphatic hydroxyl groups is 2. The quantitative estimate of drug-likeness (QED) is 0.250. The summed E-state index contributed by atoms with van der Waals surface area (Å²) in [5.74, 6) is -4.46. The van der Waals surface area contributed by atoms with E-state index < -0.39 is 11.8 Å². The van der Waals surface area contributed by atoms with Gasteiger partial charge < -0.3 is 20.1 Å². The van der Waals surface area contributed by atoms with Crippen LogP contribution in [0.2, 0.25) is 0 Å². The Labute approximate surface area is 158 Å². The fourth-order valence-corrected chi connectivity index (χ4v) is 2.49. The summed E-state index contributed by atoms with van der Waals surface area (Å²) in [5.41, 5.74) is 0. The van der Waals surface area contributed by atoms with E-state index in [1.165, 1.54) is 57.8 Å². The van der Waals surface area contributed by atoms with Crippen LogP contribution in [0.25, 0.3) is 0 Å². The zero-order valence-electron chi connectivity index (χ0n) is 14.6. The molecule has 0 amide bonds. The van der Waals surface area contributed by atoms with Crippen LogP contribution in [0.3, 0.4) is 0 Å². The number of carbonyl (C=O) groups excluding carboxylic acids is 1. The molecule has 126 valence electrons. The molecule has 5 heteroatoms. The maximum Gasteiger partial charge on any atom is 1.00 e. The van der Waals surface area contributed by atoms with Crippen LogP contribution in [0.15, 0.2) is 0 Å². The predicted molar refractivity (Wildman–Crippen MR) is 82.5 cm³/mol. The number of rotatable bonds is 15. The summed E-state index contributed by atoms with van der Waals surface area (Å²) >= 11 is 0. The zero-order chi connectivity index (χ0) is 16.0. The van der Waals surface area contributed by atoms with E-state index in [1.807, 2.05) is 0 Å². The van der Waals surface area contributed by atoms with Crippen LogP contribution in [0.4, 0.5) is 0 Å². The second-order valence-electron chi connectivity index (χ2n) is 6.10. The van der Waals surface area contributed by atoms with Crippen molar-refractivity contribution < 1.29 is 49.7 Å². The van der Waals surface area contributed by atoms with Crippen LogP contribution in [0, 0.1) is 0 Å². The number of hydrogen-bond acceptors (Lipinski definition) is 4. The molecule has 0 aromatic carbocycles. The fraction of sp³-hybridized carbons (Fsp3) is 0.941. The summed E-state index contributed by atoms with van der Waals surface area (Å²) in [6, 6.07) is 0. The molecular weight excluding hydrogens is 291 g/mol. The van der Waals surface area contributed by atoms with Crippen molar-refractivity contribution >= 4 is 5.97 Å². The molecule has 0 aromatic heterocycles. The normalized spacial score (nSPS) is 11.2. The van der Waals surface area contributed by atoms with E-state index >= 15 is 0 Å². The topological polar surface area (TPSA) is 80.6 Å². The van der Waals surface area contributed by atoms with Crippen LogP contribution in [0.5, 0.6) is 0 Å². The molecule has 0 saturated heterocycles. The summed E-state index contributed by atoms with van der Waals surface area (Å²) in [6.45, 7) is 2.24. The third kappa shape index (κ3) is 15.3. The molecule has 0 fully saturated rings. The summed E-state index contributed by atoms with van der Waals surface area (Å²) in [4.78, 5) is 10.4. The second-order valence-corrected chi connectivity index (χ2v) is 6.10. The van der Waals surface area contributed by atoms with Crippen LogP contribution in [-0.4, -0.2) is 22.0 Å². The molecule has 0 rings (SSSR count). The van der Waals surface area contributed by atoms with Crippen molar-refractivity contribution in [3.63, 3.8) is 0 Å². The van der Waals surface area contributed by atoms with Gasteiger partial charge in [-0.1, -0.05) is 84.0 Å². The van der Waals surface area contributed by atoms with Gasteiger partial charge in [-0.05, 0) is 6.42 Å². The van der Waals surface area contributed by atoms with Crippen molar-refractivity contribution in [3.8, 4) is 0 Å². The first-order chi connectivity index (χ1) is 10.0. The first-order valence-corrected chi connectivity index (χ1v) is 8.67. The average Bonchev–Trinajstić information content (AvgIpc) is 2.43.